The number of nitrogen functional groups attached to an aromatic ring is 1. The van der Waals surface area contributed by atoms with Crippen LogP contribution in [0.2, 0.25) is 5.02 Å². The second kappa shape index (κ2) is 7.14. The average molecular weight is 444 g/mol. The molecule has 0 bridgehead atoms. The number of benzene rings is 3. The second-order valence-electron chi connectivity index (χ2n) is 7.93. The van der Waals surface area contributed by atoms with Crippen molar-refractivity contribution in [2.45, 2.75) is 12.1 Å². The number of hydrogen-bond acceptors (Lipinski definition) is 5. The van der Waals surface area contributed by atoms with E-state index in [-0.39, 0.29) is 18.1 Å². The van der Waals surface area contributed by atoms with Crippen molar-refractivity contribution in [2.75, 3.05) is 12.3 Å². The van der Waals surface area contributed by atoms with Crippen LogP contribution in [0.25, 0.3) is 10.9 Å². The fourth-order valence-corrected chi connectivity index (χ4v) is 4.32. The van der Waals surface area contributed by atoms with E-state index in [1.54, 1.807) is 36.5 Å². The number of anilines is 1. The Balaban J connectivity index is 1.43. The van der Waals surface area contributed by atoms with E-state index in [4.69, 9.17) is 26.8 Å². The molecule has 3 heterocycles. The standard InChI is InChI=1S/C25H18ClN3O3/c26-18-10-15(6-7-19(18)27)31-22-8-9-28-20-12-23-17(11-16(20)22)25(30)29-13-21(29)24(32-23)14-4-2-1-3-5-14/h1-12,21,24H,13,27H2. The number of nitrogens with two attached hydrogens (primary N) is 1. The van der Waals surface area contributed by atoms with E-state index in [1.807, 2.05) is 41.3 Å². The molecule has 1 amide bonds. The Hall–Kier alpha value is -3.77. The molecule has 7 heteroatoms. The van der Waals surface area contributed by atoms with Crippen LogP contribution in [0.1, 0.15) is 22.0 Å². The molecule has 158 valence electrons. The van der Waals surface area contributed by atoms with Crippen molar-refractivity contribution in [1.29, 1.82) is 0 Å². The molecular weight excluding hydrogens is 426 g/mol. The van der Waals surface area contributed by atoms with Crippen molar-refractivity contribution in [3.63, 3.8) is 0 Å². The fraction of sp³-hybridized carbons (Fsp3) is 0.120. The van der Waals surface area contributed by atoms with Gasteiger partial charge in [-0.3, -0.25) is 9.78 Å². The molecule has 2 unspecified atom stereocenters. The van der Waals surface area contributed by atoms with Crippen LogP contribution in [0.4, 0.5) is 5.69 Å². The average Bonchev–Trinajstić information content (AvgIpc) is 3.61. The van der Waals surface area contributed by atoms with E-state index in [1.165, 1.54) is 0 Å². The van der Waals surface area contributed by atoms with Gasteiger partial charge in [0.05, 0.1) is 27.8 Å². The van der Waals surface area contributed by atoms with E-state index in [2.05, 4.69) is 4.98 Å². The minimum Gasteiger partial charge on any atom is -0.483 e. The monoisotopic (exact) mass is 443 g/mol. The number of fused-ring (bicyclic) bond motifs is 3. The molecule has 1 fully saturated rings. The van der Waals surface area contributed by atoms with Crippen LogP contribution in [0.3, 0.4) is 0 Å². The first-order valence-corrected chi connectivity index (χ1v) is 10.6. The minimum atomic E-state index is -0.213. The normalized spacial score (nSPS) is 19.0. The SMILES string of the molecule is Nc1ccc(Oc2ccnc3cc4c(cc23)C(=O)N2CC2C(c2ccccc2)O4)cc1Cl. The molecule has 0 saturated carbocycles. The molecular formula is C25H18ClN3O3. The highest BCUT2D eigenvalue weighted by Gasteiger charge is 2.49. The van der Waals surface area contributed by atoms with Crippen LogP contribution in [0, 0.1) is 0 Å². The number of pyridine rings is 1. The first kappa shape index (κ1) is 19.0. The number of ether oxygens (including phenoxy) is 2. The summed E-state index contributed by atoms with van der Waals surface area (Å²) in [7, 11) is 0. The number of aromatic nitrogens is 1. The number of nitrogens with zero attached hydrogens (tertiary/aromatic N) is 2. The van der Waals surface area contributed by atoms with Gasteiger partial charge in [-0.25, -0.2) is 0 Å². The molecule has 2 aliphatic heterocycles. The van der Waals surface area contributed by atoms with E-state index in [9.17, 15) is 4.79 Å². The highest BCUT2D eigenvalue weighted by atomic mass is 35.5. The van der Waals surface area contributed by atoms with Gasteiger partial charge in [-0.1, -0.05) is 41.9 Å². The first-order valence-electron chi connectivity index (χ1n) is 10.3. The molecule has 1 saturated heterocycles. The van der Waals surface area contributed by atoms with Crippen LogP contribution in [-0.4, -0.2) is 28.4 Å². The van der Waals surface area contributed by atoms with Gasteiger partial charge in [0.2, 0.25) is 0 Å². The largest absolute Gasteiger partial charge is 0.483 e. The number of halogens is 1. The zero-order valence-corrected chi connectivity index (χ0v) is 17.6. The highest BCUT2D eigenvalue weighted by molar-refractivity contribution is 6.33. The summed E-state index contributed by atoms with van der Waals surface area (Å²) < 4.78 is 12.5. The summed E-state index contributed by atoms with van der Waals surface area (Å²) in [6, 6.07) is 20.5. The van der Waals surface area contributed by atoms with Gasteiger partial charge in [-0.05, 0) is 29.8 Å². The van der Waals surface area contributed by atoms with Crippen molar-refractivity contribution in [3.8, 4) is 17.2 Å². The molecule has 6 nitrogen and oxygen atoms in total. The lowest BCUT2D eigenvalue weighted by molar-refractivity contribution is 0.0869. The lowest BCUT2D eigenvalue weighted by atomic mass is 10.1. The molecule has 2 atom stereocenters. The molecule has 2 aliphatic rings. The van der Waals surface area contributed by atoms with E-state index < -0.39 is 0 Å². The summed E-state index contributed by atoms with van der Waals surface area (Å²) in [5, 5.41) is 1.13. The molecule has 6 rings (SSSR count). The van der Waals surface area contributed by atoms with Gasteiger partial charge >= 0.3 is 0 Å². The van der Waals surface area contributed by atoms with Crippen LogP contribution >= 0.6 is 11.6 Å². The highest BCUT2D eigenvalue weighted by Crippen LogP contribution is 2.44. The second-order valence-corrected chi connectivity index (χ2v) is 8.34. The Bertz CT molecular complexity index is 1380. The molecule has 1 aromatic heterocycles. The lowest BCUT2D eigenvalue weighted by Crippen LogP contribution is -2.16. The van der Waals surface area contributed by atoms with Gasteiger partial charge in [0.25, 0.3) is 5.91 Å². The quantitative estimate of drug-likeness (QED) is 0.347. The summed E-state index contributed by atoms with van der Waals surface area (Å²) in [4.78, 5) is 19.5. The molecule has 0 radical (unpaired) electrons. The molecule has 0 spiro atoms. The van der Waals surface area contributed by atoms with Crippen molar-refractivity contribution < 1.29 is 14.3 Å². The third-order valence-corrected chi connectivity index (χ3v) is 6.20. The Labute approximate surface area is 189 Å². The number of amides is 1. The van der Waals surface area contributed by atoms with Crippen molar-refractivity contribution in [2.24, 2.45) is 0 Å². The number of rotatable bonds is 3. The smallest absolute Gasteiger partial charge is 0.258 e. The summed E-state index contributed by atoms with van der Waals surface area (Å²) in [5.41, 5.74) is 8.50. The molecule has 2 N–H and O–H groups in total. The third-order valence-electron chi connectivity index (χ3n) is 5.88. The van der Waals surface area contributed by atoms with Crippen molar-refractivity contribution in [1.82, 2.24) is 9.88 Å². The van der Waals surface area contributed by atoms with Crippen molar-refractivity contribution in [3.05, 3.63) is 89.1 Å². The maximum Gasteiger partial charge on any atom is 0.258 e. The van der Waals surface area contributed by atoms with Gasteiger partial charge in [-0.15, -0.1) is 0 Å². The minimum absolute atomic E-state index is 0.0287. The maximum atomic E-state index is 13.2. The molecule has 4 aromatic rings. The fourth-order valence-electron chi connectivity index (χ4n) is 4.15. The summed E-state index contributed by atoms with van der Waals surface area (Å²) >= 11 is 6.13. The van der Waals surface area contributed by atoms with Gasteiger partial charge in [0.1, 0.15) is 23.4 Å². The summed E-state index contributed by atoms with van der Waals surface area (Å²) in [6.07, 6.45) is 1.45. The number of carbonyl (C=O) groups excluding carboxylic acids is 1. The Kier molecular flexibility index (Phi) is 4.23. The van der Waals surface area contributed by atoms with Crippen LogP contribution in [0.15, 0.2) is 72.9 Å². The van der Waals surface area contributed by atoms with E-state index in [0.29, 0.717) is 51.0 Å². The Morgan fingerprint density at radius 3 is 2.75 bits per heavy atom. The third kappa shape index (κ3) is 3.11. The predicted octanol–water partition coefficient (Wildman–Crippen LogP) is 5.22. The van der Waals surface area contributed by atoms with Crippen LogP contribution in [-0.2, 0) is 0 Å². The number of carbonyl (C=O) groups is 1. The maximum absolute atomic E-state index is 13.2. The molecule has 3 aromatic carbocycles. The van der Waals surface area contributed by atoms with E-state index in [0.717, 1.165) is 5.56 Å². The molecule has 0 aliphatic carbocycles. The predicted molar refractivity (Wildman–Crippen MR) is 122 cm³/mol. The van der Waals surface area contributed by atoms with E-state index >= 15 is 0 Å². The number of hydrogen-bond donors (Lipinski definition) is 1. The topological polar surface area (TPSA) is 77.5 Å². The van der Waals surface area contributed by atoms with Crippen LogP contribution < -0.4 is 15.2 Å². The van der Waals surface area contributed by atoms with Crippen molar-refractivity contribution >= 4 is 34.1 Å². The molecule has 32 heavy (non-hydrogen) atoms. The zero-order valence-electron chi connectivity index (χ0n) is 16.9. The Morgan fingerprint density at radius 2 is 1.94 bits per heavy atom. The van der Waals surface area contributed by atoms with Gasteiger partial charge in [0.15, 0.2) is 0 Å². The summed E-state index contributed by atoms with van der Waals surface area (Å²) in [5.74, 6) is 1.60. The Morgan fingerprint density at radius 1 is 1.09 bits per heavy atom. The van der Waals surface area contributed by atoms with Gasteiger partial charge in [-0.2, -0.15) is 0 Å². The van der Waals surface area contributed by atoms with Gasteiger partial charge in [0, 0.05) is 30.3 Å². The lowest BCUT2D eigenvalue weighted by Gasteiger charge is -2.18. The zero-order chi connectivity index (χ0) is 21.8. The van der Waals surface area contributed by atoms with Crippen LogP contribution in [0.5, 0.6) is 17.2 Å². The van der Waals surface area contributed by atoms with Gasteiger partial charge < -0.3 is 20.1 Å². The first-order chi connectivity index (χ1) is 15.6. The summed E-state index contributed by atoms with van der Waals surface area (Å²) in [6.45, 7) is 0.677.